The zero-order valence-corrected chi connectivity index (χ0v) is 16.0. The minimum absolute atomic E-state index is 0.123. The number of allylic oxidation sites excluding steroid dienone is 1. The maximum absolute atomic E-state index is 12.1. The van der Waals surface area contributed by atoms with Crippen LogP contribution in [0.3, 0.4) is 0 Å². The monoisotopic (exact) mass is 359 g/mol. The van der Waals surface area contributed by atoms with Gasteiger partial charge in [0.1, 0.15) is 18.2 Å². The maximum Gasteiger partial charge on any atom is 0.252 e. The van der Waals surface area contributed by atoms with Crippen LogP contribution in [0.15, 0.2) is 36.0 Å². The molecule has 1 heterocycles. The Balaban J connectivity index is 0.00000163. The first-order chi connectivity index (χ1) is 12.5. The minimum atomic E-state index is -0.213. The highest BCUT2D eigenvalue weighted by Gasteiger charge is 2.11. The van der Waals surface area contributed by atoms with E-state index in [1.54, 1.807) is 13.0 Å². The lowest BCUT2D eigenvalue weighted by Gasteiger charge is -2.07. The van der Waals surface area contributed by atoms with Crippen molar-refractivity contribution in [1.82, 2.24) is 14.8 Å². The average molecular weight is 359 g/mol. The molecule has 7 heteroatoms. The quantitative estimate of drug-likeness (QED) is 0.786. The van der Waals surface area contributed by atoms with Crippen LogP contribution in [0, 0.1) is 6.92 Å². The molecule has 26 heavy (non-hydrogen) atoms. The number of ether oxygens (including phenoxy) is 1. The van der Waals surface area contributed by atoms with Gasteiger partial charge < -0.3 is 16.2 Å². The van der Waals surface area contributed by atoms with Gasteiger partial charge in [0.15, 0.2) is 5.82 Å². The second-order valence-electron chi connectivity index (χ2n) is 5.35. The van der Waals surface area contributed by atoms with Crippen molar-refractivity contribution in [3.63, 3.8) is 0 Å². The molecule has 0 unspecified atom stereocenters. The van der Waals surface area contributed by atoms with Crippen LogP contribution in [0.25, 0.3) is 0 Å². The molecule has 0 amide bonds. The molecule has 7 nitrogen and oxygen atoms in total. The molecule has 0 radical (unpaired) electrons. The molecule has 2 aromatic rings. The van der Waals surface area contributed by atoms with Gasteiger partial charge in [-0.05, 0) is 31.0 Å². The van der Waals surface area contributed by atoms with Crippen molar-refractivity contribution in [2.24, 2.45) is 11.5 Å². The van der Waals surface area contributed by atoms with E-state index in [0.29, 0.717) is 17.3 Å². The van der Waals surface area contributed by atoms with E-state index in [1.807, 2.05) is 38.1 Å². The topological polar surface area (TPSA) is 109 Å². The summed E-state index contributed by atoms with van der Waals surface area (Å²) in [4.78, 5) is 16.2. The lowest BCUT2D eigenvalue weighted by Crippen LogP contribution is -2.15. The number of hydrogen-bond acceptors (Lipinski definition) is 6. The van der Waals surface area contributed by atoms with E-state index in [9.17, 15) is 4.79 Å². The first-order valence-corrected chi connectivity index (χ1v) is 8.85. The Labute approximate surface area is 155 Å². The molecule has 2 rings (SSSR count). The van der Waals surface area contributed by atoms with Gasteiger partial charge in [-0.1, -0.05) is 39.0 Å². The summed E-state index contributed by atoms with van der Waals surface area (Å²) in [5.74, 6) is 1.49. The summed E-state index contributed by atoms with van der Waals surface area (Å²) in [5, 5.41) is 4.05. The van der Waals surface area contributed by atoms with Gasteiger partial charge >= 0.3 is 0 Å². The Bertz CT molecular complexity index is 720. The van der Waals surface area contributed by atoms with Gasteiger partial charge in [0.2, 0.25) is 0 Å². The third-order valence-corrected chi connectivity index (χ3v) is 3.51. The molecule has 4 N–H and O–H groups in total. The number of hydrogen-bond donors (Lipinski definition) is 2. The van der Waals surface area contributed by atoms with E-state index in [1.165, 1.54) is 10.2 Å². The van der Waals surface area contributed by atoms with Crippen molar-refractivity contribution >= 4 is 5.91 Å². The number of rotatable bonds is 7. The highest BCUT2D eigenvalue weighted by atomic mass is 16.5. The summed E-state index contributed by atoms with van der Waals surface area (Å²) in [6.07, 6.45) is 2.74. The molecule has 0 fully saturated rings. The first kappa shape index (κ1) is 21.4. The molecule has 1 aromatic carbocycles. The molecular formula is C19H29N5O2. The van der Waals surface area contributed by atoms with Crippen molar-refractivity contribution in [3.05, 3.63) is 53.3 Å². The Hall–Kier alpha value is -2.67. The Morgan fingerprint density at radius 1 is 1.27 bits per heavy atom. The zero-order valence-electron chi connectivity index (χ0n) is 16.0. The average Bonchev–Trinajstić information content (AvgIpc) is 3.07. The van der Waals surface area contributed by atoms with Gasteiger partial charge in [-0.15, -0.1) is 5.10 Å². The van der Waals surface area contributed by atoms with E-state index < -0.39 is 0 Å². The summed E-state index contributed by atoms with van der Waals surface area (Å²) in [5.41, 5.74) is 13.1. The summed E-state index contributed by atoms with van der Waals surface area (Å²) < 4.78 is 6.84. The molecule has 0 aliphatic rings. The van der Waals surface area contributed by atoms with Crippen molar-refractivity contribution < 1.29 is 9.53 Å². The number of nitrogens with two attached hydrogens (primary N) is 2. The van der Waals surface area contributed by atoms with Crippen LogP contribution in [0.2, 0.25) is 0 Å². The molecule has 0 saturated carbocycles. The largest absolute Gasteiger partial charge is 0.487 e. The van der Waals surface area contributed by atoms with Gasteiger partial charge in [0, 0.05) is 12.1 Å². The van der Waals surface area contributed by atoms with E-state index >= 15 is 0 Å². The van der Waals surface area contributed by atoms with Gasteiger partial charge in [0.05, 0.1) is 6.54 Å². The summed E-state index contributed by atoms with van der Waals surface area (Å²) in [6.45, 7) is 8.23. The predicted molar refractivity (Wildman–Crippen MR) is 103 cm³/mol. The highest BCUT2D eigenvalue weighted by Crippen LogP contribution is 2.13. The van der Waals surface area contributed by atoms with Gasteiger partial charge in [-0.3, -0.25) is 4.79 Å². The summed E-state index contributed by atoms with van der Waals surface area (Å²) in [6, 6.07) is 7.84. The molecule has 0 saturated heterocycles. The van der Waals surface area contributed by atoms with Crippen molar-refractivity contribution in [2.45, 2.75) is 47.1 Å². The first-order valence-electron chi connectivity index (χ1n) is 8.85. The Morgan fingerprint density at radius 2 is 1.92 bits per heavy atom. The third-order valence-electron chi connectivity index (χ3n) is 3.51. The van der Waals surface area contributed by atoms with Crippen LogP contribution in [-0.4, -0.2) is 27.3 Å². The van der Waals surface area contributed by atoms with E-state index in [0.717, 1.165) is 12.2 Å². The zero-order chi connectivity index (χ0) is 19.5. The third kappa shape index (κ3) is 6.33. The van der Waals surface area contributed by atoms with E-state index in [-0.39, 0.29) is 25.5 Å². The predicted octanol–water partition coefficient (Wildman–Crippen LogP) is 2.59. The second-order valence-corrected chi connectivity index (χ2v) is 5.35. The number of aromatic nitrogens is 3. The van der Waals surface area contributed by atoms with Crippen LogP contribution < -0.4 is 16.2 Å². The SMILES string of the molecule is CC.CCc1ccc(OC/C(N)=C/CC(=O)n2nc(CN)nc2C)cc1. The molecule has 142 valence electrons. The second kappa shape index (κ2) is 11.0. The Morgan fingerprint density at radius 3 is 2.46 bits per heavy atom. The molecule has 0 aliphatic carbocycles. The van der Waals surface area contributed by atoms with Crippen molar-refractivity contribution in [2.75, 3.05) is 6.61 Å². The van der Waals surface area contributed by atoms with Gasteiger partial charge in [-0.2, -0.15) is 4.68 Å². The van der Waals surface area contributed by atoms with E-state index in [4.69, 9.17) is 16.2 Å². The molecule has 0 atom stereocenters. The van der Waals surface area contributed by atoms with Crippen LogP contribution >= 0.6 is 0 Å². The summed E-state index contributed by atoms with van der Waals surface area (Å²) in [7, 11) is 0. The fraction of sp³-hybridized carbons (Fsp3) is 0.421. The standard InChI is InChI=1S/C17H23N5O2.C2H6/c1-3-13-4-7-15(8-5-13)24-11-14(19)6-9-17(23)22-12(2)20-16(10-18)21-22;1-2/h4-8H,3,9-11,18-19H2,1-2H3;1-2H3/b14-6-;. The van der Waals surface area contributed by atoms with Gasteiger partial charge in [0.25, 0.3) is 5.91 Å². The minimum Gasteiger partial charge on any atom is -0.487 e. The number of carbonyl (C=O) groups is 1. The molecule has 0 spiro atoms. The van der Waals surface area contributed by atoms with E-state index in [2.05, 4.69) is 17.0 Å². The fourth-order valence-electron chi connectivity index (χ4n) is 2.12. The number of carbonyl (C=O) groups excluding carboxylic acids is 1. The van der Waals surface area contributed by atoms with Crippen LogP contribution in [-0.2, 0) is 13.0 Å². The lowest BCUT2D eigenvalue weighted by molar-refractivity contribution is 0.0898. The fourth-order valence-corrected chi connectivity index (χ4v) is 2.12. The van der Waals surface area contributed by atoms with Crippen molar-refractivity contribution in [3.8, 4) is 5.75 Å². The number of nitrogens with zero attached hydrogens (tertiary/aromatic N) is 3. The van der Waals surface area contributed by atoms with Gasteiger partial charge in [-0.25, -0.2) is 4.98 Å². The van der Waals surface area contributed by atoms with Crippen LogP contribution in [0.1, 0.15) is 49.2 Å². The van der Waals surface area contributed by atoms with Crippen LogP contribution in [0.5, 0.6) is 5.75 Å². The highest BCUT2D eigenvalue weighted by molar-refractivity contribution is 5.79. The molecule has 0 bridgehead atoms. The smallest absolute Gasteiger partial charge is 0.252 e. The normalized spacial score (nSPS) is 10.9. The maximum atomic E-state index is 12.1. The molecule has 0 aliphatic heterocycles. The van der Waals surface area contributed by atoms with Crippen molar-refractivity contribution in [1.29, 1.82) is 0 Å². The molecular weight excluding hydrogens is 330 g/mol. The summed E-state index contributed by atoms with van der Waals surface area (Å²) >= 11 is 0. The number of benzene rings is 1. The number of aryl methyl sites for hydroxylation is 2. The molecule has 1 aromatic heterocycles. The Kier molecular flexibility index (Phi) is 9.08. The van der Waals surface area contributed by atoms with Crippen LogP contribution in [0.4, 0.5) is 0 Å². The lowest BCUT2D eigenvalue weighted by atomic mass is 10.2.